The molecule has 0 aromatic heterocycles. The van der Waals surface area contributed by atoms with Gasteiger partial charge in [-0.2, -0.15) is 5.26 Å². The topological polar surface area (TPSA) is 82.4 Å². The maximum atomic E-state index is 11.9. The number of urea groups is 1. The van der Waals surface area contributed by atoms with Gasteiger partial charge in [0, 0.05) is 6.54 Å². The summed E-state index contributed by atoms with van der Waals surface area (Å²) in [7, 11) is 0. The summed E-state index contributed by atoms with van der Waals surface area (Å²) in [5, 5.41) is 11.3. The first-order chi connectivity index (χ1) is 9.94. The van der Waals surface area contributed by atoms with Crippen molar-refractivity contribution in [2.45, 2.75) is 25.8 Å². The standard InChI is InChI=1S/C15H17N3O3/c1-15(2)13(19)18(14(20)17-15)8-3-9-21-12-6-4-11(10-16)5-7-12/h4-7H,3,8-9H2,1-2H3,(H,17,20). The van der Waals surface area contributed by atoms with Crippen LogP contribution < -0.4 is 10.1 Å². The van der Waals surface area contributed by atoms with Crippen LogP contribution in [0.5, 0.6) is 5.75 Å². The Hall–Kier alpha value is -2.55. The van der Waals surface area contributed by atoms with E-state index in [4.69, 9.17) is 10.00 Å². The number of hydrogen-bond acceptors (Lipinski definition) is 4. The molecule has 1 N–H and O–H groups in total. The van der Waals surface area contributed by atoms with E-state index in [0.29, 0.717) is 30.9 Å². The molecule has 0 bridgehead atoms. The third-order valence-corrected chi connectivity index (χ3v) is 3.22. The van der Waals surface area contributed by atoms with Crippen molar-refractivity contribution in [3.05, 3.63) is 29.8 Å². The third-order valence-electron chi connectivity index (χ3n) is 3.22. The van der Waals surface area contributed by atoms with Gasteiger partial charge in [0.1, 0.15) is 11.3 Å². The first kappa shape index (κ1) is 14.9. The number of carbonyl (C=O) groups is 2. The number of carbonyl (C=O) groups excluding carboxylic acids is 2. The van der Waals surface area contributed by atoms with Crippen LogP contribution in [0.2, 0.25) is 0 Å². The van der Waals surface area contributed by atoms with Crippen LogP contribution >= 0.6 is 0 Å². The number of benzene rings is 1. The van der Waals surface area contributed by atoms with E-state index in [9.17, 15) is 9.59 Å². The van der Waals surface area contributed by atoms with Gasteiger partial charge in [0.25, 0.3) is 5.91 Å². The number of amides is 3. The SMILES string of the molecule is CC1(C)NC(=O)N(CCCOc2ccc(C#N)cc2)C1=O. The molecule has 3 amide bonds. The predicted octanol–water partition coefficient (Wildman–Crippen LogP) is 1.66. The van der Waals surface area contributed by atoms with Crippen LogP contribution in [0.25, 0.3) is 0 Å². The average molecular weight is 287 g/mol. The molecule has 1 heterocycles. The van der Waals surface area contributed by atoms with E-state index in [2.05, 4.69) is 5.32 Å². The van der Waals surface area contributed by atoms with Crippen LogP contribution in [0.4, 0.5) is 4.79 Å². The Bertz CT molecular complexity index is 587. The molecule has 6 nitrogen and oxygen atoms in total. The van der Waals surface area contributed by atoms with Crippen LogP contribution in [0.1, 0.15) is 25.8 Å². The normalized spacial score (nSPS) is 16.5. The molecule has 1 aliphatic heterocycles. The molecule has 0 aliphatic carbocycles. The quantitative estimate of drug-likeness (QED) is 0.659. The summed E-state index contributed by atoms with van der Waals surface area (Å²) in [6.45, 7) is 4.08. The van der Waals surface area contributed by atoms with Gasteiger partial charge >= 0.3 is 6.03 Å². The van der Waals surface area contributed by atoms with Gasteiger partial charge in [-0.1, -0.05) is 0 Å². The molecule has 21 heavy (non-hydrogen) atoms. The minimum Gasteiger partial charge on any atom is -0.494 e. The molecule has 6 heteroatoms. The molecule has 110 valence electrons. The number of nitrogens with zero attached hydrogens (tertiary/aromatic N) is 2. The molecule has 1 aromatic carbocycles. The zero-order valence-electron chi connectivity index (χ0n) is 12.0. The summed E-state index contributed by atoms with van der Waals surface area (Å²) in [5.74, 6) is 0.442. The second-order valence-electron chi connectivity index (χ2n) is 5.35. The molecule has 0 unspecified atom stereocenters. The summed E-state index contributed by atoms with van der Waals surface area (Å²) in [5.41, 5.74) is -0.255. The molecule has 0 spiro atoms. The molecule has 1 fully saturated rings. The minimum absolute atomic E-state index is 0.217. The number of hydrogen-bond donors (Lipinski definition) is 1. The maximum Gasteiger partial charge on any atom is 0.325 e. The number of rotatable bonds is 5. The van der Waals surface area contributed by atoms with Gasteiger partial charge in [-0.3, -0.25) is 9.69 Å². The van der Waals surface area contributed by atoms with E-state index in [1.54, 1.807) is 38.1 Å². The van der Waals surface area contributed by atoms with Crippen LogP contribution in [-0.2, 0) is 4.79 Å². The zero-order chi connectivity index (χ0) is 15.5. The fraction of sp³-hybridized carbons (Fsp3) is 0.400. The summed E-state index contributed by atoms with van der Waals surface area (Å²) in [4.78, 5) is 24.8. The maximum absolute atomic E-state index is 11.9. The van der Waals surface area contributed by atoms with Crippen LogP contribution in [-0.4, -0.2) is 35.5 Å². The Kier molecular flexibility index (Phi) is 4.13. The Morgan fingerprint density at radius 3 is 2.48 bits per heavy atom. The lowest BCUT2D eigenvalue weighted by Gasteiger charge is -2.16. The van der Waals surface area contributed by atoms with E-state index in [0.717, 1.165) is 0 Å². The molecule has 0 radical (unpaired) electrons. The molecular weight excluding hydrogens is 270 g/mol. The largest absolute Gasteiger partial charge is 0.494 e. The Labute approximate surface area is 123 Å². The van der Waals surface area contributed by atoms with Gasteiger partial charge in [-0.25, -0.2) is 4.79 Å². The van der Waals surface area contributed by atoms with Crippen LogP contribution in [0.15, 0.2) is 24.3 Å². The molecule has 2 rings (SSSR count). The molecule has 0 saturated carbocycles. The van der Waals surface area contributed by atoms with Gasteiger partial charge in [-0.05, 0) is 44.5 Å². The zero-order valence-corrected chi connectivity index (χ0v) is 12.0. The van der Waals surface area contributed by atoms with Crippen molar-refractivity contribution in [1.29, 1.82) is 5.26 Å². The van der Waals surface area contributed by atoms with Crippen molar-refractivity contribution in [3.8, 4) is 11.8 Å². The van der Waals surface area contributed by atoms with Crippen molar-refractivity contribution in [2.24, 2.45) is 0 Å². The second kappa shape index (κ2) is 5.83. The van der Waals surface area contributed by atoms with Crippen molar-refractivity contribution < 1.29 is 14.3 Å². The highest BCUT2D eigenvalue weighted by Gasteiger charge is 2.43. The smallest absolute Gasteiger partial charge is 0.325 e. The van der Waals surface area contributed by atoms with Gasteiger partial charge < -0.3 is 10.1 Å². The summed E-state index contributed by atoms with van der Waals surface area (Å²) < 4.78 is 5.51. The highest BCUT2D eigenvalue weighted by atomic mass is 16.5. The molecule has 1 saturated heterocycles. The van der Waals surface area contributed by atoms with E-state index in [-0.39, 0.29) is 11.9 Å². The Morgan fingerprint density at radius 2 is 1.95 bits per heavy atom. The highest BCUT2D eigenvalue weighted by Crippen LogP contribution is 2.17. The highest BCUT2D eigenvalue weighted by molar-refractivity contribution is 6.06. The third kappa shape index (κ3) is 3.31. The number of ether oxygens (including phenoxy) is 1. The van der Waals surface area contributed by atoms with Crippen molar-refractivity contribution in [2.75, 3.05) is 13.2 Å². The van der Waals surface area contributed by atoms with Gasteiger partial charge in [0.05, 0.1) is 18.2 Å². The van der Waals surface area contributed by atoms with Crippen LogP contribution in [0.3, 0.4) is 0 Å². The fourth-order valence-electron chi connectivity index (χ4n) is 2.06. The Morgan fingerprint density at radius 1 is 1.29 bits per heavy atom. The predicted molar refractivity (Wildman–Crippen MR) is 75.6 cm³/mol. The number of imide groups is 1. The Balaban J connectivity index is 1.78. The minimum atomic E-state index is -0.828. The molecular formula is C15H17N3O3. The van der Waals surface area contributed by atoms with Crippen molar-refractivity contribution in [1.82, 2.24) is 10.2 Å². The van der Waals surface area contributed by atoms with E-state index in [1.807, 2.05) is 6.07 Å². The number of nitriles is 1. The first-order valence-electron chi connectivity index (χ1n) is 6.71. The first-order valence-corrected chi connectivity index (χ1v) is 6.71. The average Bonchev–Trinajstić information content (AvgIpc) is 2.65. The van der Waals surface area contributed by atoms with Gasteiger partial charge in [-0.15, -0.1) is 0 Å². The summed E-state index contributed by atoms with van der Waals surface area (Å²) in [6, 6.07) is 8.46. The molecule has 1 aliphatic rings. The molecule has 0 atom stereocenters. The number of nitrogens with one attached hydrogen (secondary N) is 1. The monoisotopic (exact) mass is 287 g/mol. The van der Waals surface area contributed by atoms with Gasteiger partial charge in [0.15, 0.2) is 0 Å². The van der Waals surface area contributed by atoms with E-state index < -0.39 is 5.54 Å². The van der Waals surface area contributed by atoms with Crippen molar-refractivity contribution in [3.63, 3.8) is 0 Å². The van der Waals surface area contributed by atoms with Crippen molar-refractivity contribution >= 4 is 11.9 Å². The lowest BCUT2D eigenvalue weighted by atomic mass is 10.1. The second-order valence-corrected chi connectivity index (χ2v) is 5.35. The summed E-state index contributed by atoms with van der Waals surface area (Å²) >= 11 is 0. The summed E-state index contributed by atoms with van der Waals surface area (Å²) in [6.07, 6.45) is 0.551. The fourth-order valence-corrected chi connectivity index (χ4v) is 2.06. The van der Waals surface area contributed by atoms with Gasteiger partial charge in [0.2, 0.25) is 0 Å². The lowest BCUT2D eigenvalue weighted by Crippen LogP contribution is -2.40. The van der Waals surface area contributed by atoms with Crippen LogP contribution in [0, 0.1) is 11.3 Å². The lowest BCUT2D eigenvalue weighted by molar-refractivity contribution is -0.130. The van der Waals surface area contributed by atoms with E-state index >= 15 is 0 Å². The molecule has 1 aromatic rings. The van der Waals surface area contributed by atoms with E-state index in [1.165, 1.54) is 4.90 Å².